The average Bonchev–Trinajstić information content (AvgIpc) is 3.22. The number of nitrogens with two attached hydrogens (primary N) is 1. The van der Waals surface area contributed by atoms with Gasteiger partial charge in [-0.15, -0.1) is 0 Å². The Kier molecular flexibility index (Phi) is 5.69. The quantitative estimate of drug-likeness (QED) is 0.435. The Morgan fingerprint density at radius 3 is 2.26 bits per heavy atom. The van der Waals surface area contributed by atoms with Crippen LogP contribution in [-0.4, -0.2) is 46.3 Å². The second-order valence-corrected chi connectivity index (χ2v) is 16.4. The number of aliphatic hydroxyl groups is 2. The Morgan fingerprint density at radius 2 is 1.63 bits per heavy atom. The minimum Gasteiger partial charge on any atom is -0.441 e. The molecule has 1 heterocycles. The van der Waals surface area contributed by atoms with Gasteiger partial charge in [-0.25, -0.2) is 4.79 Å². The minimum absolute atomic E-state index is 0.0102. The Labute approximate surface area is 229 Å². The first-order valence-electron chi connectivity index (χ1n) is 15.5. The van der Waals surface area contributed by atoms with Gasteiger partial charge in [0, 0.05) is 0 Å². The normalized spacial score (nSPS) is 55.4. The van der Waals surface area contributed by atoms with Crippen LogP contribution in [-0.2, 0) is 9.47 Å². The number of primary amides is 1. The van der Waals surface area contributed by atoms with Crippen LogP contribution in [0.15, 0.2) is 0 Å². The standard InChI is InChI=1S/C32H53NO5/c1-17-15-19(25(28(5,6)36)38-26(33)35)37-20-16-30(8)22-10-9-21-27(3,4)23(34)11-12-31(21)18(2)32(22,31)14-13-29(30,7)24(17)20/h17-25,34,36H,9-16H2,1-8H3,(H2,33,35). The molecule has 13 unspecified atom stereocenters. The number of hydrogen-bond acceptors (Lipinski definition) is 5. The van der Waals surface area contributed by atoms with Crippen molar-refractivity contribution in [1.82, 2.24) is 0 Å². The van der Waals surface area contributed by atoms with Crippen LogP contribution in [0.1, 0.15) is 107 Å². The topological polar surface area (TPSA) is 102 Å². The average molecular weight is 532 g/mol. The molecule has 2 spiro atoms. The van der Waals surface area contributed by atoms with Gasteiger partial charge < -0.3 is 25.4 Å². The number of rotatable bonds is 3. The van der Waals surface area contributed by atoms with Crippen molar-refractivity contribution in [3.63, 3.8) is 0 Å². The van der Waals surface area contributed by atoms with Crippen LogP contribution in [0.2, 0.25) is 0 Å². The summed E-state index contributed by atoms with van der Waals surface area (Å²) in [6, 6.07) is 0. The number of aliphatic hydroxyl groups excluding tert-OH is 1. The van der Waals surface area contributed by atoms with Gasteiger partial charge in [0.05, 0.1) is 23.9 Å². The maximum absolute atomic E-state index is 11.7. The van der Waals surface area contributed by atoms with E-state index in [9.17, 15) is 15.0 Å². The molecule has 0 aromatic rings. The van der Waals surface area contributed by atoms with Gasteiger partial charge in [0.25, 0.3) is 0 Å². The summed E-state index contributed by atoms with van der Waals surface area (Å²) in [5.74, 6) is 2.88. The molecule has 0 aromatic heterocycles. The van der Waals surface area contributed by atoms with E-state index in [1.54, 1.807) is 13.8 Å². The van der Waals surface area contributed by atoms with Crippen LogP contribution < -0.4 is 5.73 Å². The van der Waals surface area contributed by atoms with Crippen LogP contribution >= 0.6 is 0 Å². The lowest BCUT2D eigenvalue weighted by atomic mass is 9.41. The Morgan fingerprint density at radius 1 is 1.00 bits per heavy atom. The summed E-state index contributed by atoms with van der Waals surface area (Å²) in [6.07, 6.45) is 6.89. The SMILES string of the molecule is CC1CC(C(OC(N)=O)C(C)(C)O)OC2CC3(C)C4CCC5C(C)(C)C(O)CCC56C(C)C46CCC3(C)C12. The monoisotopic (exact) mass is 531 g/mol. The van der Waals surface area contributed by atoms with Crippen molar-refractivity contribution in [3.8, 4) is 0 Å². The third-order valence-corrected chi connectivity index (χ3v) is 14.6. The van der Waals surface area contributed by atoms with E-state index < -0.39 is 17.8 Å². The summed E-state index contributed by atoms with van der Waals surface area (Å²) in [7, 11) is 0. The van der Waals surface area contributed by atoms with Crippen LogP contribution in [0.4, 0.5) is 4.79 Å². The van der Waals surface area contributed by atoms with Gasteiger partial charge in [-0.2, -0.15) is 0 Å². The molecule has 6 aliphatic rings. The van der Waals surface area contributed by atoms with Gasteiger partial charge in [-0.1, -0.05) is 41.5 Å². The van der Waals surface area contributed by atoms with Crippen LogP contribution in [0.3, 0.4) is 0 Å². The number of hydrogen-bond donors (Lipinski definition) is 3. The molecule has 0 aromatic carbocycles. The number of carbonyl (C=O) groups is 1. The van der Waals surface area contributed by atoms with E-state index in [2.05, 4.69) is 41.5 Å². The molecule has 1 amide bonds. The molecule has 6 fully saturated rings. The lowest BCUT2D eigenvalue weighted by molar-refractivity contribution is -0.193. The molecular weight excluding hydrogens is 478 g/mol. The van der Waals surface area contributed by atoms with Gasteiger partial charge in [0.15, 0.2) is 6.10 Å². The minimum atomic E-state index is -1.23. The van der Waals surface area contributed by atoms with E-state index in [1.807, 2.05) is 0 Å². The van der Waals surface area contributed by atoms with Crippen molar-refractivity contribution in [2.24, 2.45) is 62.4 Å². The van der Waals surface area contributed by atoms with Crippen molar-refractivity contribution in [1.29, 1.82) is 0 Å². The molecule has 4 N–H and O–H groups in total. The summed E-state index contributed by atoms with van der Waals surface area (Å²) in [6.45, 7) is 18.1. The first-order valence-corrected chi connectivity index (χ1v) is 15.5. The number of fused-ring (bicyclic) bond motifs is 4. The highest BCUT2D eigenvalue weighted by Crippen LogP contribution is 2.91. The Bertz CT molecular complexity index is 1010. The molecule has 0 radical (unpaired) electrons. The zero-order valence-corrected chi connectivity index (χ0v) is 25.0. The molecule has 0 bridgehead atoms. The van der Waals surface area contributed by atoms with Crippen LogP contribution in [0.25, 0.3) is 0 Å². The van der Waals surface area contributed by atoms with Crippen molar-refractivity contribution >= 4 is 6.09 Å². The fourth-order valence-corrected chi connectivity index (χ4v) is 13.1. The van der Waals surface area contributed by atoms with E-state index in [4.69, 9.17) is 15.2 Å². The smallest absolute Gasteiger partial charge is 0.404 e. The van der Waals surface area contributed by atoms with E-state index in [1.165, 1.54) is 32.1 Å². The van der Waals surface area contributed by atoms with Crippen molar-refractivity contribution in [3.05, 3.63) is 0 Å². The number of ether oxygens (including phenoxy) is 2. The number of amides is 1. The molecule has 6 heteroatoms. The third kappa shape index (κ3) is 3.04. The van der Waals surface area contributed by atoms with Gasteiger partial charge in [0.1, 0.15) is 0 Å². The lowest BCUT2D eigenvalue weighted by Crippen LogP contribution is -2.58. The van der Waals surface area contributed by atoms with Crippen molar-refractivity contribution in [2.45, 2.75) is 137 Å². The zero-order chi connectivity index (χ0) is 27.8. The van der Waals surface area contributed by atoms with Crippen molar-refractivity contribution in [2.75, 3.05) is 0 Å². The second-order valence-electron chi connectivity index (χ2n) is 16.4. The fraction of sp³-hybridized carbons (Fsp3) is 0.969. The van der Waals surface area contributed by atoms with E-state index in [0.717, 1.165) is 25.2 Å². The van der Waals surface area contributed by atoms with Crippen LogP contribution in [0.5, 0.6) is 0 Å². The maximum Gasteiger partial charge on any atom is 0.404 e. The molecule has 5 aliphatic carbocycles. The molecule has 5 saturated carbocycles. The maximum atomic E-state index is 11.7. The van der Waals surface area contributed by atoms with E-state index in [-0.39, 0.29) is 34.6 Å². The largest absolute Gasteiger partial charge is 0.441 e. The third-order valence-electron chi connectivity index (χ3n) is 14.6. The zero-order valence-electron chi connectivity index (χ0n) is 25.0. The van der Waals surface area contributed by atoms with Gasteiger partial charge in [-0.3, -0.25) is 0 Å². The predicted molar refractivity (Wildman–Crippen MR) is 146 cm³/mol. The number of carbonyl (C=O) groups excluding carboxylic acids is 1. The van der Waals surface area contributed by atoms with E-state index >= 15 is 0 Å². The molecule has 38 heavy (non-hydrogen) atoms. The van der Waals surface area contributed by atoms with Gasteiger partial charge in [0.2, 0.25) is 0 Å². The summed E-state index contributed by atoms with van der Waals surface area (Å²) >= 11 is 0. The van der Waals surface area contributed by atoms with Crippen LogP contribution in [0, 0.1) is 56.7 Å². The summed E-state index contributed by atoms with van der Waals surface area (Å²) in [5, 5.41) is 21.9. The molecule has 6 nitrogen and oxygen atoms in total. The summed E-state index contributed by atoms with van der Waals surface area (Å²) < 4.78 is 12.3. The highest BCUT2D eigenvalue weighted by atomic mass is 16.6. The lowest BCUT2D eigenvalue weighted by Gasteiger charge is -2.63. The summed E-state index contributed by atoms with van der Waals surface area (Å²) in [5.41, 5.74) is 5.33. The molecule has 1 aliphatic heterocycles. The molecule has 13 atom stereocenters. The molecule has 216 valence electrons. The molecule has 1 saturated heterocycles. The molecular formula is C32H53NO5. The van der Waals surface area contributed by atoms with Crippen molar-refractivity contribution < 1.29 is 24.5 Å². The summed E-state index contributed by atoms with van der Waals surface area (Å²) in [4.78, 5) is 11.7. The first-order chi connectivity index (χ1) is 17.5. The van der Waals surface area contributed by atoms with E-state index in [0.29, 0.717) is 34.5 Å². The highest BCUT2D eigenvalue weighted by Gasteiger charge is 2.86. The molecule has 6 rings (SSSR count). The van der Waals surface area contributed by atoms with Gasteiger partial charge in [-0.05, 0) is 122 Å². The van der Waals surface area contributed by atoms with Gasteiger partial charge >= 0.3 is 6.09 Å². The fourth-order valence-electron chi connectivity index (χ4n) is 13.1. The highest BCUT2D eigenvalue weighted by molar-refractivity contribution is 5.65. The second kappa shape index (κ2) is 7.91. The first kappa shape index (κ1) is 27.3. The predicted octanol–water partition coefficient (Wildman–Crippen LogP) is 5.67. The Hall–Kier alpha value is -0.850. The Balaban J connectivity index is 1.33.